The molecule has 1 fully saturated rings. The number of benzene rings is 9. The number of hydrogen-bond donors (Lipinski definition) is 0. The van der Waals surface area contributed by atoms with Crippen molar-refractivity contribution in [3.05, 3.63) is 256 Å². The summed E-state index contributed by atoms with van der Waals surface area (Å²) in [5.41, 5.74) is 27.1. The maximum atomic E-state index is 2.63. The van der Waals surface area contributed by atoms with Crippen molar-refractivity contribution in [3.63, 3.8) is 0 Å². The molecule has 0 bridgehead atoms. The fourth-order valence-corrected chi connectivity index (χ4v) is 14.1. The summed E-state index contributed by atoms with van der Waals surface area (Å²) in [5, 5.41) is 0. The molecule has 72 heavy (non-hydrogen) atoms. The van der Waals surface area contributed by atoms with E-state index in [-0.39, 0.29) is 21.7 Å². The van der Waals surface area contributed by atoms with Crippen molar-refractivity contribution in [2.24, 2.45) is 0 Å². The van der Waals surface area contributed by atoms with Gasteiger partial charge in [0.15, 0.2) is 0 Å². The molecular weight excluding hydrogens is 867 g/mol. The molecular formula is C71H65N. The highest BCUT2D eigenvalue weighted by molar-refractivity contribution is 5.99. The van der Waals surface area contributed by atoms with Gasteiger partial charge >= 0.3 is 0 Å². The number of rotatable bonds is 6. The molecule has 0 atom stereocenters. The molecule has 4 aliphatic rings. The molecule has 0 saturated heterocycles. The molecule has 0 aromatic heterocycles. The normalized spacial score (nSPS) is 16.2. The Kier molecular flexibility index (Phi) is 9.86. The highest BCUT2D eigenvalue weighted by Crippen LogP contribution is 2.62. The van der Waals surface area contributed by atoms with Crippen molar-refractivity contribution in [2.45, 2.75) is 108 Å². The number of hydrogen-bond acceptors (Lipinski definition) is 1. The van der Waals surface area contributed by atoms with Crippen molar-refractivity contribution < 1.29 is 0 Å². The van der Waals surface area contributed by atoms with Gasteiger partial charge in [0.2, 0.25) is 0 Å². The molecule has 1 spiro atoms. The van der Waals surface area contributed by atoms with E-state index in [1.54, 1.807) is 0 Å². The third kappa shape index (κ3) is 6.38. The molecule has 9 aromatic rings. The summed E-state index contributed by atoms with van der Waals surface area (Å²) in [6, 6.07) is 77.8. The topological polar surface area (TPSA) is 3.24 Å². The van der Waals surface area contributed by atoms with Crippen molar-refractivity contribution >= 4 is 17.1 Å². The van der Waals surface area contributed by atoms with Gasteiger partial charge in [0, 0.05) is 27.8 Å². The quantitative estimate of drug-likeness (QED) is 0.161. The van der Waals surface area contributed by atoms with Crippen LogP contribution in [0, 0.1) is 0 Å². The van der Waals surface area contributed by atoms with Gasteiger partial charge in [-0.15, -0.1) is 0 Å². The molecule has 0 radical (unpaired) electrons. The number of nitrogens with zero attached hydrogens (tertiary/aromatic N) is 1. The lowest BCUT2D eigenvalue weighted by atomic mass is 9.66. The van der Waals surface area contributed by atoms with Gasteiger partial charge in [0.25, 0.3) is 0 Å². The molecule has 354 valence electrons. The summed E-state index contributed by atoms with van der Waals surface area (Å²) in [5.74, 6) is 0. The minimum absolute atomic E-state index is 0.0250. The van der Waals surface area contributed by atoms with Gasteiger partial charge in [-0.3, -0.25) is 0 Å². The summed E-state index contributed by atoms with van der Waals surface area (Å²) < 4.78 is 0. The molecule has 0 heterocycles. The highest BCUT2D eigenvalue weighted by atomic mass is 15.1. The summed E-state index contributed by atoms with van der Waals surface area (Å²) in [7, 11) is 0. The molecule has 13 rings (SSSR count). The van der Waals surface area contributed by atoms with E-state index in [4.69, 9.17) is 0 Å². The summed E-state index contributed by atoms with van der Waals surface area (Å²) in [4.78, 5) is 2.63. The maximum absolute atomic E-state index is 2.63. The van der Waals surface area contributed by atoms with Crippen LogP contribution in [0.15, 0.2) is 200 Å². The summed E-state index contributed by atoms with van der Waals surface area (Å²) in [6.07, 6.45) is 4.88. The van der Waals surface area contributed by atoms with Gasteiger partial charge < -0.3 is 4.90 Å². The number of anilines is 3. The Balaban J connectivity index is 1.10. The van der Waals surface area contributed by atoms with E-state index in [0.29, 0.717) is 0 Å². The first kappa shape index (κ1) is 44.7. The zero-order valence-corrected chi connectivity index (χ0v) is 43.3. The molecule has 1 saturated carbocycles. The number of fused-ring (bicyclic) bond motifs is 11. The molecule has 1 nitrogen and oxygen atoms in total. The predicted molar refractivity (Wildman–Crippen MR) is 304 cm³/mol. The van der Waals surface area contributed by atoms with E-state index in [0.717, 1.165) is 5.69 Å². The molecule has 0 unspecified atom stereocenters. The van der Waals surface area contributed by atoms with Crippen LogP contribution in [0.1, 0.15) is 137 Å². The smallest absolute Gasteiger partial charge is 0.0714 e. The average molecular weight is 932 g/mol. The average Bonchev–Trinajstić information content (AvgIpc) is 4.13. The van der Waals surface area contributed by atoms with Crippen LogP contribution in [0.2, 0.25) is 0 Å². The second kappa shape index (κ2) is 15.9. The van der Waals surface area contributed by atoms with Crippen molar-refractivity contribution in [3.8, 4) is 44.5 Å². The van der Waals surface area contributed by atoms with Crippen molar-refractivity contribution in [1.82, 2.24) is 0 Å². The monoisotopic (exact) mass is 932 g/mol. The fraction of sp³-hybridized carbons (Fsp3) is 0.239. The SMILES string of the molecule is CC(C)(C)c1cccc(C2(c3cccc(C(C)(C)C)c3)c3ccccc3-c3c(N(c4cccc(-c5cccc6c5C(C)(C)c5ccccc5-6)c4)c4ccc5c(c4)C4(CCCC4)c4ccccc4-5)cccc32)c1. The minimum atomic E-state index is -0.587. The Bertz CT molecular complexity index is 3590. The fourth-order valence-electron chi connectivity index (χ4n) is 14.1. The summed E-state index contributed by atoms with van der Waals surface area (Å²) in [6.45, 7) is 18.9. The van der Waals surface area contributed by atoms with Crippen molar-refractivity contribution in [2.75, 3.05) is 4.90 Å². The first-order valence-electron chi connectivity index (χ1n) is 26.6. The Morgan fingerprint density at radius 3 is 1.58 bits per heavy atom. The molecule has 4 aliphatic carbocycles. The van der Waals surface area contributed by atoms with E-state index in [1.165, 1.54) is 137 Å². The second-order valence-corrected chi connectivity index (χ2v) is 24.0. The van der Waals surface area contributed by atoms with E-state index in [1.807, 2.05) is 0 Å². The Morgan fingerprint density at radius 1 is 0.389 bits per heavy atom. The maximum Gasteiger partial charge on any atom is 0.0714 e. The molecule has 0 N–H and O–H groups in total. The molecule has 0 amide bonds. The lowest BCUT2D eigenvalue weighted by Gasteiger charge is -2.36. The Hall–Kier alpha value is -7.22. The zero-order chi connectivity index (χ0) is 49.4. The van der Waals surface area contributed by atoms with Gasteiger partial charge in [-0.1, -0.05) is 238 Å². The highest BCUT2D eigenvalue weighted by Gasteiger charge is 2.49. The van der Waals surface area contributed by atoms with Gasteiger partial charge in [-0.05, 0) is 149 Å². The summed E-state index contributed by atoms with van der Waals surface area (Å²) >= 11 is 0. The molecule has 1 heteroatoms. The van der Waals surface area contributed by atoms with E-state index in [9.17, 15) is 0 Å². The molecule has 9 aromatic carbocycles. The van der Waals surface area contributed by atoms with E-state index < -0.39 is 5.41 Å². The lowest BCUT2D eigenvalue weighted by Crippen LogP contribution is -2.30. The van der Waals surface area contributed by atoms with Crippen LogP contribution >= 0.6 is 0 Å². The van der Waals surface area contributed by atoms with E-state index in [2.05, 4.69) is 260 Å². The molecule has 0 aliphatic heterocycles. The van der Waals surface area contributed by atoms with Gasteiger partial charge in [-0.25, -0.2) is 0 Å². The predicted octanol–water partition coefficient (Wildman–Crippen LogP) is 18.9. The standard InChI is InChI=1S/C71H65N/c1-67(2,3)47-23-18-25-49(43-47)71(50-26-19-24-48(44-50)68(4,5)6)61-35-14-11-30-58(61)65-62(71)36-21-37-64(65)72(52-38-39-56-54-28-10-13-34-60(54)70(63(56)45-52)40-15-16-41-70)51-27-17-22-46(42-51)53-31-20-32-57-55-29-9-12-33-59(55)69(7,8)66(53)57/h9-14,17-39,42-45H,15-16,40-41H2,1-8H3. The third-order valence-corrected chi connectivity index (χ3v) is 17.6. The van der Waals surface area contributed by atoms with Gasteiger partial charge in [-0.2, -0.15) is 0 Å². The van der Waals surface area contributed by atoms with Crippen LogP contribution in [-0.2, 0) is 27.1 Å². The minimum Gasteiger partial charge on any atom is -0.310 e. The Morgan fingerprint density at radius 2 is 0.903 bits per heavy atom. The van der Waals surface area contributed by atoms with Gasteiger partial charge in [0.1, 0.15) is 0 Å². The van der Waals surface area contributed by atoms with Crippen LogP contribution < -0.4 is 4.90 Å². The lowest BCUT2D eigenvalue weighted by molar-refractivity contribution is 0.550. The van der Waals surface area contributed by atoms with Crippen molar-refractivity contribution in [1.29, 1.82) is 0 Å². The van der Waals surface area contributed by atoms with Crippen LogP contribution in [0.5, 0.6) is 0 Å². The first-order chi connectivity index (χ1) is 34.7. The first-order valence-corrected chi connectivity index (χ1v) is 26.6. The second-order valence-electron chi connectivity index (χ2n) is 24.0. The Labute approximate surface area is 428 Å². The van der Waals surface area contributed by atoms with E-state index >= 15 is 0 Å². The zero-order valence-electron chi connectivity index (χ0n) is 43.3. The van der Waals surface area contributed by atoms with Gasteiger partial charge in [0.05, 0.1) is 11.1 Å². The van der Waals surface area contributed by atoms with Crippen LogP contribution in [0.4, 0.5) is 17.1 Å². The van der Waals surface area contributed by atoms with Crippen LogP contribution in [0.3, 0.4) is 0 Å². The van der Waals surface area contributed by atoms with Crippen LogP contribution in [0.25, 0.3) is 44.5 Å². The third-order valence-electron chi connectivity index (χ3n) is 17.6. The van der Waals surface area contributed by atoms with Crippen LogP contribution in [-0.4, -0.2) is 0 Å². The largest absolute Gasteiger partial charge is 0.310 e.